The summed E-state index contributed by atoms with van der Waals surface area (Å²) < 4.78 is 0. The smallest absolute Gasteiger partial charge is 0.230 e. The molecule has 0 aromatic rings. The molecule has 2 aliphatic rings. The van der Waals surface area contributed by atoms with Crippen molar-refractivity contribution in [2.45, 2.75) is 64.8 Å². The van der Waals surface area contributed by atoms with E-state index in [1.165, 1.54) is 19.3 Å². The molecule has 0 spiro atoms. The molecular formula is C15H28N2O. The first-order valence-electron chi connectivity index (χ1n) is 7.60. The molecule has 3 heteroatoms. The number of nitrogens with zero attached hydrogens (tertiary/aromatic N) is 1. The predicted octanol–water partition coefficient (Wildman–Crippen LogP) is 2.54. The van der Waals surface area contributed by atoms with E-state index in [9.17, 15) is 4.79 Å². The molecule has 1 aliphatic carbocycles. The molecule has 2 atom stereocenters. The van der Waals surface area contributed by atoms with Crippen molar-refractivity contribution in [3.05, 3.63) is 0 Å². The zero-order valence-corrected chi connectivity index (χ0v) is 12.0. The van der Waals surface area contributed by atoms with Gasteiger partial charge in [0.05, 0.1) is 5.41 Å². The summed E-state index contributed by atoms with van der Waals surface area (Å²) in [6.07, 6.45) is 7.90. The third-order valence-electron chi connectivity index (χ3n) is 5.05. The highest BCUT2D eigenvalue weighted by Gasteiger charge is 2.42. The van der Waals surface area contributed by atoms with Crippen LogP contribution in [0.25, 0.3) is 0 Å². The third kappa shape index (κ3) is 2.56. The summed E-state index contributed by atoms with van der Waals surface area (Å²) in [5, 5.41) is 0. The number of amides is 1. The Morgan fingerprint density at radius 3 is 2.50 bits per heavy atom. The maximum Gasteiger partial charge on any atom is 0.230 e. The van der Waals surface area contributed by atoms with Crippen LogP contribution in [0.3, 0.4) is 0 Å². The van der Waals surface area contributed by atoms with Crippen LogP contribution in [0.5, 0.6) is 0 Å². The Balaban J connectivity index is 2.09. The molecule has 1 heterocycles. The Labute approximate surface area is 111 Å². The lowest BCUT2D eigenvalue weighted by Crippen LogP contribution is -2.54. The van der Waals surface area contributed by atoms with E-state index in [1.54, 1.807) is 0 Å². The first-order valence-corrected chi connectivity index (χ1v) is 7.60. The van der Waals surface area contributed by atoms with Crippen molar-refractivity contribution in [2.24, 2.45) is 17.1 Å². The molecule has 0 bridgehead atoms. The van der Waals surface area contributed by atoms with Crippen LogP contribution in [-0.2, 0) is 4.79 Å². The van der Waals surface area contributed by atoms with Gasteiger partial charge in [0, 0.05) is 19.1 Å². The Bertz CT molecular complexity index is 297. The molecule has 18 heavy (non-hydrogen) atoms. The predicted molar refractivity (Wildman–Crippen MR) is 74.1 cm³/mol. The fourth-order valence-electron chi connectivity index (χ4n) is 3.75. The minimum absolute atomic E-state index is 0.229. The Morgan fingerprint density at radius 1 is 1.28 bits per heavy atom. The topological polar surface area (TPSA) is 46.3 Å². The largest absolute Gasteiger partial charge is 0.339 e. The Morgan fingerprint density at radius 2 is 1.94 bits per heavy atom. The molecule has 1 saturated heterocycles. The van der Waals surface area contributed by atoms with Crippen molar-refractivity contribution in [3.8, 4) is 0 Å². The second-order valence-electron chi connectivity index (χ2n) is 6.52. The summed E-state index contributed by atoms with van der Waals surface area (Å²) in [5.74, 6) is 1.10. The molecule has 2 N–H and O–H groups in total. The molecule has 1 saturated carbocycles. The summed E-state index contributed by atoms with van der Waals surface area (Å²) in [6.45, 7) is 5.95. The van der Waals surface area contributed by atoms with Crippen molar-refractivity contribution >= 4 is 5.91 Å². The van der Waals surface area contributed by atoms with E-state index in [1.807, 2.05) is 0 Å². The van der Waals surface area contributed by atoms with Crippen LogP contribution < -0.4 is 5.73 Å². The summed E-state index contributed by atoms with van der Waals surface area (Å²) in [7, 11) is 0. The molecule has 104 valence electrons. The normalized spacial score (nSPS) is 32.3. The Hall–Kier alpha value is -0.570. The van der Waals surface area contributed by atoms with Gasteiger partial charge in [-0.25, -0.2) is 0 Å². The summed E-state index contributed by atoms with van der Waals surface area (Å²) >= 11 is 0. The van der Waals surface area contributed by atoms with Crippen molar-refractivity contribution < 1.29 is 4.79 Å². The number of carbonyl (C=O) groups is 1. The van der Waals surface area contributed by atoms with Gasteiger partial charge in [-0.15, -0.1) is 0 Å². The minimum atomic E-state index is -0.229. The molecule has 0 radical (unpaired) electrons. The van der Waals surface area contributed by atoms with Crippen LogP contribution in [-0.4, -0.2) is 29.9 Å². The van der Waals surface area contributed by atoms with E-state index < -0.39 is 0 Å². The van der Waals surface area contributed by atoms with E-state index in [0.717, 1.165) is 38.1 Å². The molecular weight excluding hydrogens is 224 g/mol. The minimum Gasteiger partial charge on any atom is -0.339 e. The number of nitrogens with two attached hydrogens (primary N) is 1. The number of carbonyl (C=O) groups excluding carboxylic acids is 1. The maximum atomic E-state index is 12.9. The van der Waals surface area contributed by atoms with Gasteiger partial charge in [0.1, 0.15) is 0 Å². The quantitative estimate of drug-likeness (QED) is 0.821. The van der Waals surface area contributed by atoms with Gasteiger partial charge in [0.2, 0.25) is 5.91 Å². The number of hydrogen-bond acceptors (Lipinski definition) is 2. The highest BCUT2D eigenvalue weighted by molar-refractivity contribution is 5.83. The summed E-state index contributed by atoms with van der Waals surface area (Å²) in [6, 6.07) is 0.395. The molecule has 2 fully saturated rings. The molecule has 1 aliphatic heterocycles. The fourth-order valence-corrected chi connectivity index (χ4v) is 3.75. The highest BCUT2D eigenvalue weighted by atomic mass is 16.2. The van der Waals surface area contributed by atoms with Crippen LogP contribution in [0.4, 0.5) is 0 Å². The number of rotatable bonds is 2. The lowest BCUT2D eigenvalue weighted by atomic mass is 9.72. The first kappa shape index (κ1) is 13.9. The van der Waals surface area contributed by atoms with Gasteiger partial charge in [0.15, 0.2) is 0 Å². The second kappa shape index (κ2) is 5.60. The van der Waals surface area contributed by atoms with Crippen molar-refractivity contribution in [2.75, 3.05) is 13.1 Å². The lowest BCUT2D eigenvalue weighted by Gasteiger charge is -2.44. The van der Waals surface area contributed by atoms with Gasteiger partial charge in [-0.3, -0.25) is 4.79 Å². The average molecular weight is 252 g/mol. The zero-order valence-electron chi connectivity index (χ0n) is 12.0. The summed E-state index contributed by atoms with van der Waals surface area (Å²) in [5.41, 5.74) is 5.74. The molecule has 3 nitrogen and oxygen atoms in total. The van der Waals surface area contributed by atoms with Crippen LogP contribution in [0, 0.1) is 11.3 Å². The van der Waals surface area contributed by atoms with Crippen LogP contribution in [0.2, 0.25) is 0 Å². The van der Waals surface area contributed by atoms with Gasteiger partial charge in [-0.1, -0.05) is 26.2 Å². The fraction of sp³-hybridized carbons (Fsp3) is 0.933. The van der Waals surface area contributed by atoms with Crippen LogP contribution in [0.15, 0.2) is 0 Å². The van der Waals surface area contributed by atoms with E-state index in [2.05, 4.69) is 18.7 Å². The third-order valence-corrected chi connectivity index (χ3v) is 5.05. The zero-order chi connectivity index (χ0) is 13.2. The monoisotopic (exact) mass is 252 g/mol. The molecule has 1 amide bonds. The van der Waals surface area contributed by atoms with Gasteiger partial charge in [-0.05, 0) is 38.5 Å². The van der Waals surface area contributed by atoms with Crippen molar-refractivity contribution in [3.63, 3.8) is 0 Å². The SMILES string of the molecule is CC1CCN(C(=O)C2(CN)CCCCC2)C(C)C1. The van der Waals surface area contributed by atoms with Gasteiger partial charge in [-0.2, -0.15) is 0 Å². The number of likely N-dealkylation sites (tertiary alicyclic amines) is 1. The highest BCUT2D eigenvalue weighted by Crippen LogP contribution is 2.38. The molecule has 0 aromatic heterocycles. The van der Waals surface area contributed by atoms with Crippen LogP contribution in [0.1, 0.15) is 58.8 Å². The molecule has 0 aromatic carbocycles. The van der Waals surface area contributed by atoms with Gasteiger partial charge < -0.3 is 10.6 Å². The van der Waals surface area contributed by atoms with Crippen molar-refractivity contribution in [1.29, 1.82) is 0 Å². The van der Waals surface area contributed by atoms with Crippen molar-refractivity contribution in [1.82, 2.24) is 4.90 Å². The average Bonchev–Trinajstić information content (AvgIpc) is 2.39. The van der Waals surface area contributed by atoms with E-state index in [4.69, 9.17) is 5.73 Å². The van der Waals surface area contributed by atoms with E-state index in [-0.39, 0.29) is 5.41 Å². The molecule has 2 rings (SSSR count). The maximum absolute atomic E-state index is 12.9. The van der Waals surface area contributed by atoms with E-state index >= 15 is 0 Å². The second-order valence-corrected chi connectivity index (χ2v) is 6.52. The molecule has 2 unspecified atom stereocenters. The van der Waals surface area contributed by atoms with E-state index in [0.29, 0.717) is 18.5 Å². The summed E-state index contributed by atoms with van der Waals surface area (Å²) in [4.78, 5) is 15.0. The van der Waals surface area contributed by atoms with Crippen LogP contribution >= 0.6 is 0 Å². The van der Waals surface area contributed by atoms with Gasteiger partial charge >= 0.3 is 0 Å². The lowest BCUT2D eigenvalue weighted by molar-refractivity contribution is -0.147. The Kier molecular flexibility index (Phi) is 4.31. The van der Waals surface area contributed by atoms with Gasteiger partial charge in [0.25, 0.3) is 0 Å². The first-order chi connectivity index (χ1) is 8.59. The number of piperidine rings is 1. The standard InChI is InChI=1S/C15H28N2O/c1-12-6-9-17(13(2)10-12)14(18)15(11-16)7-4-3-5-8-15/h12-13H,3-11,16H2,1-2H3. The number of hydrogen-bond donors (Lipinski definition) is 1.